The van der Waals surface area contributed by atoms with Gasteiger partial charge in [-0.1, -0.05) is 32.9 Å². The van der Waals surface area contributed by atoms with E-state index in [1.807, 2.05) is 13.0 Å². The zero-order chi connectivity index (χ0) is 14.0. The monoisotopic (exact) mass is 320 g/mol. The molecule has 2 rings (SSSR count). The molecular formula is C15H17BrN2O. The highest BCUT2D eigenvalue weighted by molar-refractivity contribution is 9.10. The maximum atomic E-state index is 5.83. The molecule has 1 aromatic heterocycles. The lowest BCUT2D eigenvalue weighted by Crippen LogP contribution is -2.13. The van der Waals surface area contributed by atoms with E-state index in [1.165, 1.54) is 0 Å². The van der Waals surface area contributed by atoms with Crippen molar-refractivity contribution in [3.05, 3.63) is 46.2 Å². The van der Waals surface area contributed by atoms with E-state index in [0.717, 1.165) is 21.3 Å². The van der Waals surface area contributed by atoms with Crippen molar-refractivity contribution < 1.29 is 4.74 Å². The smallest absolute Gasteiger partial charge is 0.321 e. The molecule has 0 fully saturated rings. The molecule has 1 heterocycles. The number of hydrogen-bond donors (Lipinski definition) is 0. The van der Waals surface area contributed by atoms with Crippen LogP contribution < -0.4 is 4.74 Å². The number of nitrogens with zero attached hydrogens (tertiary/aromatic N) is 2. The molecule has 0 bridgehead atoms. The van der Waals surface area contributed by atoms with E-state index in [1.54, 1.807) is 12.4 Å². The van der Waals surface area contributed by atoms with Gasteiger partial charge >= 0.3 is 6.01 Å². The summed E-state index contributed by atoms with van der Waals surface area (Å²) < 4.78 is 6.66. The lowest BCUT2D eigenvalue weighted by atomic mass is 9.86. The maximum absolute atomic E-state index is 5.83. The van der Waals surface area contributed by atoms with Crippen LogP contribution in [0.4, 0.5) is 0 Å². The van der Waals surface area contributed by atoms with Gasteiger partial charge in [0.2, 0.25) is 0 Å². The van der Waals surface area contributed by atoms with Crippen LogP contribution >= 0.6 is 15.9 Å². The van der Waals surface area contributed by atoms with Crippen molar-refractivity contribution in [2.24, 2.45) is 0 Å². The van der Waals surface area contributed by atoms with Gasteiger partial charge < -0.3 is 4.74 Å². The molecule has 19 heavy (non-hydrogen) atoms. The summed E-state index contributed by atoms with van der Waals surface area (Å²) >= 11 is 3.31. The molecule has 0 N–H and O–H groups in total. The second-order valence-corrected chi connectivity index (χ2v) is 6.45. The zero-order valence-electron chi connectivity index (χ0n) is 11.6. The molecule has 0 unspecified atom stereocenters. The van der Waals surface area contributed by atoms with Gasteiger partial charge in [0.25, 0.3) is 0 Å². The van der Waals surface area contributed by atoms with Gasteiger partial charge in [-0.05, 0) is 39.9 Å². The van der Waals surface area contributed by atoms with Crippen molar-refractivity contribution in [3.8, 4) is 11.8 Å². The van der Waals surface area contributed by atoms with Crippen LogP contribution in [0.15, 0.2) is 35.1 Å². The van der Waals surface area contributed by atoms with Gasteiger partial charge in [-0.2, -0.15) is 0 Å². The van der Waals surface area contributed by atoms with Gasteiger partial charge in [-0.25, -0.2) is 9.97 Å². The second-order valence-electron chi connectivity index (χ2n) is 5.54. The van der Waals surface area contributed by atoms with Gasteiger partial charge in [0.15, 0.2) is 0 Å². The van der Waals surface area contributed by atoms with Gasteiger partial charge in [0.1, 0.15) is 5.75 Å². The van der Waals surface area contributed by atoms with Crippen LogP contribution in [0, 0.1) is 6.92 Å². The molecule has 0 aliphatic carbocycles. The van der Waals surface area contributed by atoms with Gasteiger partial charge in [0.05, 0.1) is 4.47 Å². The Balaban J connectivity index is 2.38. The van der Waals surface area contributed by atoms with Crippen molar-refractivity contribution >= 4 is 15.9 Å². The highest BCUT2D eigenvalue weighted by Crippen LogP contribution is 2.33. The van der Waals surface area contributed by atoms with Crippen molar-refractivity contribution in [3.63, 3.8) is 0 Å². The van der Waals surface area contributed by atoms with E-state index < -0.39 is 0 Å². The van der Waals surface area contributed by atoms with Crippen LogP contribution in [0.1, 0.15) is 31.9 Å². The Hall–Kier alpha value is -1.42. The Morgan fingerprint density at radius 2 is 1.74 bits per heavy atom. The van der Waals surface area contributed by atoms with Crippen LogP contribution in [0.2, 0.25) is 0 Å². The molecule has 0 radical (unpaired) electrons. The predicted octanol–water partition coefficient (Wildman–Crippen LogP) is 4.64. The average Bonchev–Trinajstić information content (AvgIpc) is 2.30. The summed E-state index contributed by atoms with van der Waals surface area (Å²) in [6.07, 6.45) is 3.35. The Labute approximate surface area is 122 Å². The summed E-state index contributed by atoms with van der Waals surface area (Å²) in [5, 5.41) is 0. The molecule has 0 saturated heterocycles. The molecule has 0 aliphatic rings. The molecule has 3 nitrogen and oxygen atoms in total. The van der Waals surface area contributed by atoms with Crippen LogP contribution in [-0.2, 0) is 5.41 Å². The van der Waals surface area contributed by atoms with Crippen LogP contribution in [-0.4, -0.2) is 9.97 Å². The molecular weight excluding hydrogens is 304 g/mol. The van der Waals surface area contributed by atoms with Crippen LogP contribution in [0.25, 0.3) is 0 Å². The summed E-state index contributed by atoms with van der Waals surface area (Å²) in [6, 6.07) is 6.57. The number of hydrogen-bond acceptors (Lipinski definition) is 3. The third kappa shape index (κ3) is 3.53. The van der Waals surface area contributed by atoms with E-state index in [4.69, 9.17) is 4.74 Å². The standard InChI is InChI=1S/C15H17BrN2O/c1-10-5-6-12(15(2,3)4)13(7-10)19-14-17-8-11(16)9-18-14/h5-9H,1-4H3. The molecule has 100 valence electrons. The molecule has 0 saturated carbocycles. The number of aromatic nitrogens is 2. The number of benzene rings is 1. The van der Waals surface area contributed by atoms with E-state index in [2.05, 4.69) is 58.8 Å². The van der Waals surface area contributed by atoms with E-state index in [9.17, 15) is 0 Å². The lowest BCUT2D eigenvalue weighted by Gasteiger charge is -2.22. The summed E-state index contributed by atoms with van der Waals surface area (Å²) in [5.41, 5.74) is 2.31. The Kier molecular flexibility index (Phi) is 3.90. The maximum Gasteiger partial charge on any atom is 0.321 e. The zero-order valence-corrected chi connectivity index (χ0v) is 13.2. The molecule has 0 aliphatic heterocycles. The molecule has 0 atom stereocenters. The first-order valence-electron chi connectivity index (χ1n) is 6.13. The Morgan fingerprint density at radius 1 is 1.11 bits per heavy atom. The van der Waals surface area contributed by atoms with Crippen molar-refractivity contribution in [1.29, 1.82) is 0 Å². The Bertz CT molecular complexity index is 574. The average molecular weight is 321 g/mol. The van der Waals surface area contributed by atoms with Gasteiger partial charge in [0, 0.05) is 18.0 Å². The number of rotatable bonds is 2. The minimum Gasteiger partial charge on any atom is -0.424 e. The van der Waals surface area contributed by atoms with E-state index in [-0.39, 0.29) is 5.41 Å². The quantitative estimate of drug-likeness (QED) is 0.808. The normalized spacial score (nSPS) is 11.4. The highest BCUT2D eigenvalue weighted by Gasteiger charge is 2.19. The van der Waals surface area contributed by atoms with Gasteiger partial charge in [-0.3, -0.25) is 0 Å². The fourth-order valence-electron chi connectivity index (χ4n) is 1.79. The van der Waals surface area contributed by atoms with Crippen molar-refractivity contribution in [1.82, 2.24) is 9.97 Å². The van der Waals surface area contributed by atoms with Crippen molar-refractivity contribution in [2.45, 2.75) is 33.1 Å². The third-order valence-electron chi connectivity index (χ3n) is 2.74. The topological polar surface area (TPSA) is 35.0 Å². The molecule has 4 heteroatoms. The first-order chi connectivity index (χ1) is 8.86. The number of ether oxygens (including phenoxy) is 1. The first-order valence-corrected chi connectivity index (χ1v) is 6.92. The Morgan fingerprint density at radius 3 is 2.32 bits per heavy atom. The largest absolute Gasteiger partial charge is 0.424 e. The fraction of sp³-hybridized carbons (Fsp3) is 0.333. The molecule has 0 spiro atoms. The van der Waals surface area contributed by atoms with E-state index >= 15 is 0 Å². The molecule has 2 aromatic rings. The summed E-state index contributed by atoms with van der Waals surface area (Å²) in [4.78, 5) is 8.29. The predicted molar refractivity (Wildman–Crippen MR) is 79.7 cm³/mol. The minimum atomic E-state index is 0.0123. The molecule has 0 amide bonds. The fourth-order valence-corrected chi connectivity index (χ4v) is 1.99. The third-order valence-corrected chi connectivity index (χ3v) is 3.15. The second kappa shape index (κ2) is 5.29. The molecule has 1 aromatic carbocycles. The summed E-state index contributed by atoms with van der Waals surface area (Å²) in [7, 11) is 0. The lowest BCUT2D eigenvalue weighted by molar-refractivity contribution is 0.422. The van der Waals surface area contributed by atoms with E-state index in [0.29, 0.717) is 6.01 Å². The minimum absolute atomic E-state index is 0.0123. The SMILES string of the molecule is Cc1ccc(C(C)(C)C)c(Oc2ncc(Br)cn2)c1. The van der Waals surface area contributed by atoms with Crippen LogP contribution in [0.5, 0.6) is 11.8 Å². The number of halogens is 1. The highest BCUT2D eigenvalue weighted by atomic mass is 79.9. The van der Waals surface area contributed by atoms with Gasteiger partial charge in [-0.15, -0.1) is 0 Å². The summed E-state index contributed by atoms with van der Waals surface area (Å²) in [5.74, 6) is 0.815. The summed E-state index contributed by atoms with van der Waals surface area (Å²) in [6.45, 7) is 8.52. The van der Waals surface area contributed by atoms with Crippen molar-refractivity contribution in [2.75, 3.05) is 0 Å². The number of aryl methyl sites for hydroxylation is 1. The van der Waals surface area contributed by atoms with Crippen LogP contribution in [0.3, 0.4) is 0 Å². The first kappa shape index (κ1) is 14.0.